The van der Waals surface area contributed by atoms with Crippen LogP contribution in [0, 0.1) is 0 Å². The van der Waals surface area contributed by atoms with E-state index < -0.39 is 42.9 Å². The number of ether oxygens (including phenoxy) is 2. The number of rotatable bonds is 6. The lowest BCUT2D eigenvalue weighted by atomic mass is 10.1. The quantitative estimate of drug-likeness (QED) is 0.505. The standard InChI is InChI=1S/C18H20N4O7/c1-2-11-7-22(16-14(25)13(24)12(8-23)29-16)17(26)20-15(11)21-18(27)28-9-10-4-3-5-19-6-10/h2-7,12-14,16,23-25H,1,8-9H2,(H,20,21,26,27)/t12-,13-,14-,16?/m1/s1. The molecular weight excluding hydrogens is 384 g/mol. The SMILES string of the molecule is C=Cc1cn(C2O[C@H](CO)[C@@H](O)[C@H]2O)c(=O)nc1NC(=O)OCc1cccnc1. The topological polar surface area (TPSA) is 156 Å². The second-order valence-corrected chi connectivity index (χ2v) is 6.23. The van der Waals surface area contributed by atoms with Gasteiger partial charge in [0.2, 0.25) is 0 Å². The molecule has 0 aliphatic carbocycles. The fraction of sp³-hybridized carbons (Fsp3) is 0.333. The van der Waals surface area contributed by atoms with Crippen LogP contribution in [0.1, 0.15) is 17.4 Å². The fourth-order valence-corrected chi connectivity index (χ4v) is 2.79. The third-order valence-corrected chi connectivity index (χ3v) is 4.30. The largest absolute Gasteiger partial charge is 0.444 e. The summed E-state index contributed by atoms with van der Waals surface area (Å²) in [6.07, 6.45) is -0.234. The van der Waals surface area contributed by atoms with Gasteiger partial charge in [0.25, 0.3) is 0 Å². The molecule has 3 rings (SSSR count). The van der Waals surface area contributed by atoms with Crippen molar-refractivity contribution in [3.63, 3.8) is 0 Å². The number of aliphatic hydroxyl groups excluding tert-OH is 3. The number of carbonyl (C=O) groups is 1. The Balaban J connectivity index is 1.76. The number of hydrogen-bond acceptors (Lipinski definition) is 9. The van der Waals surface area contributed by atoms with E-state index in [1.54, 1.807) is 24.5 Å². The Kier molecular flexibility index (Phi) is 6.34. The molecule has 3 heterocycles. The fourth-order valence-electron chi connectivity index (χ4n) is 2.79. The monoisotopic (exact) mass is 404 g/mol. The molecule has 1 aliphatic heterocycles. The van der Waals surface area contributed by atoms with Gasteiger partial charge in [-0.25, -0.2) is 9.59 Å². The number of aliphatic hydroxyl groups is 3. The van der Waals surface area contributed by atoms with Crippen molar-refractivity contribution in [3.05, 3.63) is 58.9 Å². The highest BCUT2D eigenvalue weighted by Gasteiger charge is 2.43. The summed E-state index contributed by atoms with van der Waals surface area (Å²) in [7, 11) is 0. The zero-order valence-electron chi connectivity index (χ0n) is 15.2. The number of amides is 1. The average Bonchev–Trinajstić information content (AvgIpc) is 3.01. The van der Waals surface area contributed by atoms with Gasteiger partial charge in [0, 0.05) is 29.7 Å². The summed E-state index contributed by atoms with van der Waals surface area (Å²) in [4.78, 5) is 32.1. The summed E-state index contributed by atoms with van der Waals surface area (Å²) in [6.45, 7) is 3.05. The minimum atomic E-state index is -1.45. The Morgan fingerprint density at radius 1 is 1.41 bits per heavy atom. The van der Waals surface area contributed by atoms with Crippen molar-refractivity contribution in [2.24, 2.45) is 0 Å². The molecule has 2 aromatic heterocycles. The van der Waals surface area contributed by atoms with E-state index in [0.29, 0.717) is 5.56 Å². The van der Waals surface area contributed by atoms with E-state index >= 15 is 0 Å². The van der Waals surface area contributed by atoms with Crippen LogP contribution in [0.25, 0.3) is 6.08 Å². The summed E-state index contributed by atoms with van der Waals surface area (Å²) in [5.74, 6) is -0.0934. The van der Waals surface area contributed by atoms with Gasteiger partial charge in [0.05, 0.1) is 6.61 Å². The first-order valence-electron chi connectivity index (χ1n) is 8.65. The van der Waals surface area contributed by atoms with Crippen molar-refractivity contribution >= 4 is 18.0 Å². The van der Waals surface area contributed by atoms with E-state index in [9.17, 15) is 24.9 Å². The van der Waals surface area contributed by atoms with E-state index in [1.807, 2.05) is 0 Å². The van der Waals surface area contributed by atoms with Crippen LogP contribution in [0.4, 0.5) is 10.6 Å². The van der Waals surface area contributed by atoms with E-state index in [2.05, 4.69) is 21.9 Å². The average molecular weight is 404 g/mol. The maximum Gasteiger partial charge on any atom is 0.413 e. The van der Waals surface area contributed by atoms with Gasteiger partial charge in [-0.2, -0.15) is 4.98 Å². The predicted molar refractivity (Wildman–Crippen MR) is 99.6 cm³/mol. The minimum absolute atomic E-state index is 0.0251. The molecule has 0 spiro atoms. The lowest BCUT2D eigenvalue weighted by molar-refractivity contribution is -0.0549. The normalized spacial score (nSPS) is 23.6. The Morgan fingerprint density at radius 3 is 2.83 bits per heavy atom. The van der Waals surface area contributed by atoms with E-state index in [4.69, 9.17) is 9.47 Å². The van der Waals surface area contributed by atoms with E-state index in [1.165, 1.54) is 12.3 Å². The van der Waals surface area contributed by atoms with Crippen LogP contribution < -0.4 is 11.0 Å². The van der Waals surface area contributed by atoms with Crippen molar-refractivity contribution in [1.82, 2.24) is 14.5 Å². The van der Waals surface area contributed by atoms with Crippen LogP contribution in [0.3, 0.4) is 0 Å². The van der Waals surface area contributed by atoms with Gasteiger partial charge < -0.3 is 24.8 Å². The van der Waals surface area contributed by atoms with Gasteiger partial charge in [0.1, 0.15) is 30.7 Å². The highest BCUT2D eigenvalue weighted by atomic mass is 16.6. The van der Waals surface area contributed by atoms with Gasteiger partial charge in [0.15, 0.2) is 6.23 Å². The molecule has 0 aromatic carbocycles. The van der Waals surface area contributed by atoms with Crippen LogP contribution in [0.15, 0.2) is 42.1 Å². The van der Waals surface area contributed by atoms with Gasteiger partial charge in [-0.15, -0.1) is 0 Å². The van der Waals surface area contributed by atoms with Crippen LogP contribution in [-0.2, 0) is 16.1 Å². The number of carbonyl (C=O) groups excluding carboxylic acids is 1. The molecule has 1 saturated heterocycles. The number of pyridine rings is 1. The zero-order valence-corrected chi connectivity index (χ0v) is 15.2. The summed E-state index contributed by atoms with van der Waals surface area (Å²) in [5, 5.41) is 31.5. The molecule has 154 valence electrons. The van der Waals surface area contributed by atoms with E-state index in [-0.39, 0.29) is 18.0 Å². The zero-order chi connectivity index (χ0) is 21.0. The molecule has 1 amide bonds. The van der Waals surface area contributed by atoms with Gasteiger partial charge in [-0.05, 0) is 6.07 Å². The minimum Gasteiger partial charge on any atom is -0.444 e. The number of aromatic nitrogens is 3. The number of nitrogens with zero attached hydrogens (tertiary/aromatic N) is 3. The first-order valence-corrected chi connectivity index (χ1v) is 8.65. The molecule has 1 unspecified atom stereocenters. The Morgan fingerprint density at radius 2 is 2.21 bits per heavy atom. The molecule has 1 aliphatic rings. The molecule has 4 atom stereocenters. The Labute approximate surface area is 164 Å². The smallest absolute Gasteiger partial charge is 0.413 e. The van der Waals surface area contributed by atoms with E-state index in [0.717, 1.165) is 4.57 Å². The second kappa shape index (κ2) is 8.92. The molecule has 11 nitrogen and oxygen atoms in total. The van der Waals surface area contributed by atoms with Gasteiger partial charge in [-0.1, -0.05) is 18.7 Å². The van der Waals surface area contributed by atoms with Crippen LogP contribution in [0.5, 0.6) is 0 Å². The summed E-state index contributed by atoms with van der Waals surface area (Å²) < 4.78 is 11.3. The molecule has 0 saturated carbocycles. The predicted octanol–water partition coefficient (Wildman–Crippen LogP) is -0.359. The van der Waals surface area contributed by atoms with Crippen molar-refractivity contribution in [3.8, 4) is 0 Å². The van der Waals surface area contributed by atoms with Crippen molar-refractivity contribution in [2.45, 2.75) is 31.1 Å². The maximum absolute atomic E-state index is 12.4. The lowest BCUT2D eigenvalue weighted by Gasteiger charge is -2.18. The molecule has 0 radical (unpaired) electrons. The highest BCUT2D eigenvalue weighted by molar-refractivity contribution is 5.85. The van der Waals surface area contributed by atoms with Crippen LogP contribution >= 0.6 is 0 Å². The van der Waals surface area contributed by atoms with Gasteiger partial charge >= 0.3 is 11.8 Å². The molecular formula is C18H20N4O7. The molecule has 0 bridgehead atoms. The molecule has 11 heteroatoms. The van der Waals surface area contributed by atoms with Crippen molar-refractivity contribution in [1.29, 1.82) is 0 Å². The number of anilines is 1. The van der Waals surface area contributed by atoms with Crippen molar-refractivity contribution in [2.75, 3.05) is 11.9 Å². The number of hydrogen-bond donors (Lipinski definition) is 4. The molecule has 2 aromatic rings. The van der Waals surface area contributed by atoms with Gasteiger partial charge in [-0.3, -0.25) is 14.9 Å². The lowest BCUT2D eigenvalue weighted by Crippen LogP contribution is -2.36. The van der Waals surface area contributed by atoms with Crippen LogP contribution in [-0.4, -0.2) is 60.9 Å². The third kappa shape index (κ3) is 4.49. The third-order valence-electron chi connectivity index (χ3n) is 4.30. The first-order chi connectivity index (χ1) is 13.9. The van der Waals surface area contributed by atoms with Crippen LogP contribution in [0.2, 0.25) is 0 Å². The Hall–Kier alpha value is -3.12. The first kappa shape index (κ1) is 20.6. The summed E-state index contributed by atoms with van der Waals surface area (Å²) in [6, 6.07) is 3.43. The summed E-state index contributed by atoms with van der Waals surface area (Å²) in [5.41, 5.74) is 0.0769. The summed E-state index contributed by atoms with van der Waals surface area (Å²) >= 11 is 0. The number of nitrogens with one attached hydrogen (secondary N) is 1. The molecule has 4 N–H and O–H groups in total. The Bertz CT molecular complexity index is 934. The van der Waals surface area contributed by atoms with Crippen molar-refractivity contribution < 1.29 is 29.6 Å². The maximum atomic E-state index is 12.4. The highest BCUT2D eigenvalue weighted by Crippen LogP contribution is 2.28. The molecule has 29 heavy (non-hydrogen) atoms. The second-order valence-electron chi connectivity index (χ2n) is 6.23. The molecule has 1 fully saturated rings.